The molecule has 0 fully saturated rings. The van der Waals surface area contributed by atoms with Gasteiger partial charge in [-0.2, -0.15) is 5.10 Å². The fraction of sp³-hybridized carbons (Fsp3) is 0.150. The average molecular weight is 412 g/mol. The molecule has 9 heteroatoms. The van der Waals surface area contributed by atoms with Crippen molar-refractivity contribution < 1.29 is 14.6 Å². The minimum Gasteiger partial charge on any atom is -0.490 e. The van der Waals surface area contributed by atoms with E-state index in [0.717, 1.165) is 11.3 Å². The molecule has 29 heavy (non-hydrogen) atoms. The van der Waals surface area contributed by atoms with E-state index in [2.05, 4.69) is 20.5 Å². The maximum Gasteiger partial charge on any atom is 0.357 e. The van der Waals surface area contributed by atoms with Gasteiger partial charge in [0.25, 0.3) is 0 Å². The van der Waals surface area contributed by atoms with Gasteiger partial charge in [-0.1, -0.05) is 17.7 Å². The van der Waals surface area contributed by atoms with Crippen molar-refractivity contribution in [3.63, 3.8) is 0 Å². The molecule has 0 radical (unpaired) electrons. The van der Waals surface area contributed by atoms with E-state index in [1.807, 2.05) is 35.0 Å². The van der Waals surface area contributed by atoms with Crippen LogP contribution in [0.1, 0.15) is 16.1 Å². The molecule has 2 aromatic carbocycles. The molecular weight excluding hydrogens is 394 g/mol. The second-order valence-corrected chi connectivity index (χ2v) is 6.81. The first-order valence-electron chi connectivity index (χ1n) is 8.92. The molecule has 2 heterocycles. The number of H-pyrrole nitrogens is 1. The number of hydrogen-bond acceptors (Lipinski definition) is 5. The van der Waals surface area contributed by atoms with E-state index in [0.29, 0.717) is 41.4 Å². The molecule has 0 aliphatic rings. The number of aromatic amines is 1. The number of nitrogens with one attached hydrogen (secondary N) is 2. The molecule has 4 aromatic rings. The first-order valence-corrected chi connectivity index (χ1v) is 9.30. The predicted octanol–water partition coefficient (Wildman–Crippen LogP) is 3.80. The highest BCUT2D eigenvalue weighted by Crippen LogP contribution is 2.26. The van der Waals surface area contributed by atoms with E-state index in [4.69, 9.17) is 16.3 Å². The molecular formula is C20H18ClN5O3. The van der Waals surface area contributed by atoms with Crippen molar-refractivity contribution in [3.05, 3.63) is 71.4 Å². The van der Waals surface area contributed by atoms with E-state index in [-0.39, 0.29) is 5.69 Å². The molecule has 0 unspecified atom stereocenters. The monoisotopic (exact) mass is 411 g/mol. The van der Waals surface area contributed by atoms with E-state index in [9.17, 15) is 9.90 Å². The summed E-state index contributed by atoms with van der Waals surface area (Å²) in [5, 5.41) is 20.1. The number of benzene rings is 2. The van der Waals surface area contributed by atoms with Crippen LogP contribution < -0.4 is 10.1 Å². The quantitative estimate of drug-likeness (QED) is 0.407. The smallest absolute Gasteiger partial charge is 0.357 e. The Balaban J connectivity index is 1.38. The molecule has 0 spiro atoms. The summed E-state index contributed by atoms with van der Waals surface area (Å²) in [6.07, 6.45) is 5.33. The van der Waals surface area contributed by atoms with Crippen LogP contribution in [-0.4, -0.2) is 37.4 Å². The Hall–Kier alpha value is -3.52. The van der Waals surface area contributed by atoms with Crippen molar-refractivity contribution in [2.24, 2.45) is 0 Å². The molecule has 0 amide bonds. The molecule has 148 valence electrons. The van der Waals surface area contributed by atoms with Crippen molar-refractivity contribution in [2.75, 3.05) is 11.9 Å². The van der Waals surface area contributed by atoms with E-state index in [1.165, 1.54) is 0 Å². The molecule has 4 rings (SSSR count). The van der Waals surface area contributed by atoms with E-state index in [1.54, 1.807) is 24.7 Å². The first kappa shape index (κ1) is 18.8. The number of carbonyl (C=O) groups is 1. The molecule has 0 atom stereocenters. The Labute approximate surface area is 171 Å². The van der Waals surface area contributed by atoms with Gasteiger partial charge >= 0.3 is 5.97 Å². The summed E-state index contributed by atoms with van der Waals surface area (Å²) in [4.78, 5) is 15.2. The second-order valence-electron chi connectivity index (χ2n) is 6.41. The lowest BCUT2D eigenvalue weighted by molar-refractivity contribution is 0.0692. The number of ether oxygens (including phenoxy) is 1. The predicted molar refractivity (Wildman–Crippen MR) is 110 cm³/mol. The number of nitrogens with zero attached hydrogens (tertiary/aromatic N) is 3. The van der Waals surface area contributed by atoms with Crippen molar-refractivity contribution in [1.82, 2.24) is 19.7 Å². The van der Waals surface area contributed by atoms with Gasteiger partial charge < -0.3 is 19.7 Å². The van der Waals surface area contributed by atoms with E-state index >= 15 is 0 Å². The Kier molecular flexibility index (Phi) is 5.35. The molecule has 0 saturated heterocycles. The zero-order chi connectivity index (χ0) is 20.2. The summed E-state index contributed by atoms with van der Waals surface area (Å²) in [5.41, 5.74) is 2.44. The summed E-state index contributed by atoms with van der Waals surface area (Å²) in [7, 11) is 0. The van der Waals surface area contributed by atoms with Crippen LogP contribution in [0.25, 0.3) is 10.9 Å². The third kappa shape index (κ3) is 4.33. The number of anilines is 1. The van der Waals surface area contributed by atoms with Gasteiger partial charge in [0.2, 0.25) is 0 Å². The lowest BCUT2D eigenvalue weighted by Gasteiger charge is -2.11. The number of aromatic nitrogens is 4. The zero-order valence-electron chi connectivity index (χ0n) is 15.3. The molecule has 0 aliphatic carbocycles. The summed E-state index contributed by atoms with van der Waals surface area (Å²) in [6, 6.07) is 11.0. The maximum atomic E-state index is 11.2. The van der Waals surface area contributed by atoms with Gasteiger partial charge in [0.05, 0.1) is 23.4 Å². The third-order valence-corrected chi connectivity index (χ3v) is 4.72. The van der Waals surface area contributed by atoms with Gasteiger partial charge in [-0.05, 0) is 35.9 Å². The Morgan fingerprint density at radius 3 is 2.93 bits per heavy atom. The van der Waals surface area contributed by atoms with Crippen LogP contribution in [-0.2, 0) is 13.1 Å². The van der Waals surface area contributed by atoms with Crippen molar-refractivity contribution in [3.8, 4) is 5.75 Å². The Morgan fingerprint density at radius 2 is 2.17 bits per heavy atom. The highest BCUT2D eigenvalue weighted by Gasteiger charge is 2.13. The summed E-state index contributed by atoms with van der Waals surface area (Å²) in [5.74, 6) is -0.440. The highest BCUT2D eigenvalue weighted by atomic mass is 35.5. The first-order chi connectivity index (χ1) is 14.1. The average Bonchev–Trinajstić information content (AvgIpc) is 3.37. The number of carboxylic acids is 1. The minimum atomic E-state index is -1.07. The lowest BCUT2D eigenvalue weighted by Crippen LogP contribution is -2.07. The molecule has 0 aliphatic heterocycles. The SMILES string of the molecule is O=C(O)c1n[nH]c2ccc(NCc3ccc(OCCn4ccnc4)c(Cl)c3)cc12. The van der Waals surface area contributed by atoms with Crippen molar-refractivity contribution >= 4 is 34.2 Å². The van der Waals surface area contributed by atoms with E-state index < -0.39 is 5.97 Å². The van der Waals surface area contributed by atoms with Gasteiger partial charge in [0.1, 0.15) is 12.4 Å². The number of hydrogen-bond donors (Lipinski definition) is 3. The fourth-order valence-corrected chi connectivity index (χ4v) is 3.20. The highest BCUT2D eigenvalue weighted by molar-refractivity contribution is 6.32. The number of fused-ring (bicyclic) bond motifs is 1. The fourth-order valence-electron chi connectivity index (χ4n) is 2.94. The normalized spacial score (nSPS) is 10.9. The molecule has 3 N–H and O–H groups in total. The zero-order valence-corrected chi connectivity index (χ0v) is 16.1. The minimum absolute atomic E-state index is 0.00360. The Morgan fingerprint density at radius 1 is 1.28 bits per heavy atom. The van der Waals surface area contributed by atoms with Crippen LogP contribution in [0.3, 0.4) is 0 Å². The summed E-state index contributed by atoms with van der Waals surface area (Å²) >= 11 is 6.34. The molecule has 2 aromatic heterocycles. The van der Waals surface area contributed by atoms with Gasteiger partial charge in [0, 0.05) is 30.0 Å². The van der Waals surface area contributed by atoms with Gasteiger partial charge in [-0.15, -0.1) is 0 Å². The number of rotatable bonds is 8. The van der Waals surface area contributed by atoms with Crippen LogP contribution in [0.5, 0.6) is 5.75 Å². The van der Waals surface area contributed by atoms with Crippen LogP contribution in [0.4, 0.5) is 5.69 Å². The largest absolute Gasteiger partial charge is 0.490 e. The topological polar surface area (TPSA) is 105 Å². The number of aromatic carboxylic acids is 1. The number of halogens is 1. The lowest BCUT2D eigenvalue weighted by atomic mass is 10.1. The number of carboxylic acid groups (broad SMARTS) is 1. The van der Waals surface area contributed by atoms with Crippen LogP contribution in [0.15, 0.2) is 55.1 Å². The van der Waals surface area contributed by atoms with Crippen LogP contribution in [0.2, 0.25) is 5.02 Å². The van der Waals surface area contributed by atoms with Crippen LogP contribution in [0, 0.1) is 0 Å². The maximum absolute atomic E-state index is 11.2. The number of imidazole rings is 1. The standard InChI is InChI=1S/C20H18ClN5O3/c21-16-9-13(1-4-18(16)29-8-7-26-6-5-22-12-26)11-23-14-2-3-17-15(10-14)19(20(27)28)25-24-17/h1-6,9-10,12,23H,7-8,11H2,(H,24,25)(H,27,28). The molecule has 0 saturated carbocycles. The summed E-state index contributed by atoms with van der Waals surface area (Å²) in [6.45, 7) is 1.71. The van der Waals surface area contributed by atoms with Gasteiger partial charge in [-0.25, -0.2) is 9.78 Å². The third-order valence-electron chi connectivity index (χ3n) is 4.42. The van der Waals surface area contributed by atoms with Crippen LogP contribution >= 0.6 is 11.6 Å². The van der Waals surface area contributed by atoms with Gasteiger partial charge in [-0.3, -0.25) is 5.10 Å². The van der Waals surface area contributed by atoms with Crippen molar-refractivity contribution in [1.29, 1.82) is 0 Å². The summed E-state index contributed by atoms with van der Waals surface area (Å²) < 4.78 is 7.67. The second kappa shape index (κ2) is 8.24. The van der Waals surface area contributed by atoms with Crippen molar-refractivity contribution in [2.45, 2.75) is 13.1 Å². The molecule has 8 nitrogen and oxygen atoms in total. The molecule has 0 bridgehead atoms. The Bertz CT molecular complexity index is 1140. The van der Waals surface area contributed by atoms with Gasteiger partial charge in [0.15, 0.2) is 5.69 Å².